The number of aryl methyl sites for hydroxylation is 1. The highest BCUT2D eigenvalue weighted by Crippen LogP contribution is 2.24. The Morgan fingerprint density at radius 2 is 2.27 bits per heavy atom. The zero-order chi connectivity index (χ0) is 11.4. The molecular weight excluding hydrogens is 262 g/mol. The molecule has 0 radical (unpaired) electrons. The highest BCUT2D eigenvalue weighted by molar-refractivity contribution is 9.10. The summed E-state index contributed by atoms with van der Waals surface area (Å²) in [6, 6.07) is 4.67. The number of aliphatic hydroxyl groups excluding tert-OH is 1. The van der Waals surface area contributed by atoms with Gasteiger partial charge in [0.05, 0.1) is 11.0 Å². The summed E-state index contributed by atoms with van der Waals surface area (Å²) >= 11 is 3.28. The molecule has 0 saturated heterocycles. The third-order valence-corrected chi connectivity index (χ3v) is 2.82. The minimum atomic E-state index is -0.427. The summed E-state index contributed by atoms with van der Waals surface area (Å²) in [7, 11) is 0. The van der Waals surface area contributed by atoms with Crippen LogP contribution in [0.5, 0.6) is 0 Å². The Bertz CT molecular complexity index is 366. The number of nitrogens with zero attached hydrogens (tertiary/aromatic N) is 1. The summed E-state index contributed by atoms with van der Waals surface area (Å²) in [5, 5.41) is 19.6. The largest absolute Gasteiger partial charge is 0.393 e. The molecule has 1 aromatic rings. The lowest BCUT2D eigenvalue weighted by molar-refractivity contribution is -0.384. The summed E-state index contributed by atoms with van der Waals surface area (Å²) in [6.07, 6.45) is 0.999. The van der Waals surface area contributed by atoms with Gasteiger partial charge in [-0.1, -0.05) is 22.0 Å². The number of non-ortho nitro benzene ring substituents is 1. The summed E-state index contributed by atoms with van der Waals surface area (Å²) < 4.78 is 0.720. The van der Waals surface area contributed by atoms with Crippen molar-refractivity contribution in [3.05, 3.63) is 38.3 Å². The zero-order valence-electron chi connectivity index (χ0n) is 8.31. The number of benzene rings is 1. The predicted molar refractivity (Wildman–Crippen MR) is 60.8 cm³/mol. The molecule has 0 aromatic heterocycles. The lowest BCUT2D eigenvalue weighted by atomic mass is 10.1. The van der Waals surface area contributed by atoms with Crippen LogP contribution in [0.25, 0.3) is 0 Å². The first kappa shape index (κ1) is 12.1. The topological polar surface area (TPSA) is 63.4 Å². The lowest BCUT2D eigenvalue weighted by Gasteiger charge is -2.06. The number of rotatable bonds is 4. The number of nitro groups is 1. The molecule has 1 aromatic carbocycles. The third kappa shape index (κ3) is 3.60. The van der Waals surface area contributed by atoms with Crippen LogP contribution in [0.2, 0.25) is 0 Å². The van der Waals surface area contributed by atoms with Crippen molar-refractivity contribution in [3.63, 3.8) is 0 Å². The number of halogens is 1. The third-order valence-electron chi connectivity index (χ3n) is 2.08. The lowest BCUT2D eigenvalue weighted by Crippen LogP contribution is -2.02. The van der Waals surface area contributed by atoms with Crippen LogP contribution in [0.3, 0.4) is 0 Å². The molecule has 0 aliphatic rings. The highest BCUT2D eigenvalue weighted by Gasteiger charge is 2.09. The van der Waals surface area contributed by atoms with E-state index in [2.05, 4.69) is 15.9 Å². The number of hydrogen-bond donors (Lipinski definition) is 1. The first-order valence-corrected chi connectivity index (χ1v) is 5.41. The smallest absolute Gasteiger partial charge is 0.270 e. The fourth-order valence-electron chi connectivity index (χ4n) is 1.22. The standard InChI is InChI=1S/C10H12BrNO3/c1-7(13)2-3-8-4-5-9(12(14)15)6-10(8)11/h4-7,13H,2-3H2,1H3/t7-/m1/s1. The van der Waals surface area contributed by atoms with Gasteiger partial charge in [0.1, 0.15) is 0 Å². The van der Waals surface area contributed by atoms with E-state index in [9.17, 15) is 10.1 Å². The van der Waals surface area contributed by atoms with Crippen LogP contribution in [0, 0.1) is 10.1 Å². The van der Waals surface area contributed by atoms with E-state index in [0.717, 1.165) is 10.0 Å². The second kappa shape index (κ2) is 5.23. The molecule has 1 atom stereocenters. The average molecular weight is 274 g/mol. The van der Waals surface area contributed by atoms with Gasteiger partial charge in [0.25, 0.3) is 5.69 Å². The van der Waals surface area contributed by atoms with Crippen molar-refractivity contribution >= 4 is 21.6 Å². The first-order valence-electron chi connectivity index (χ1n) is 4.61. The van der Waals surface area contributed by atoms with E-state index in [1.807, 2.05) is 0 Å². The zero-order valence-corrected chi connectivity index (χ0v) is 9.90. The second-order valence-electron chi connectivity index (χ2n) is 3.42. The van der Waals surface area contributed by atoms with Gasteiger partial charge in [0.15, 0.2) is 0 Å². The summed E-state index contributed by atoms with van der Waals surface area (Å²) in [5.41, 5.74) is 1.05. The molecule has 1 N–H and O–H groups in total. The van der Waals surface area contributed by atoms with Crippen molar-refractivity contribution in [2.75, 3.05) is 0 Å². The van der Waals surface area contributed by atoms with Crippen LogP contribution >= 0.6 is 15.9 Å². The fraction of sp³-hybridized carbons (Fsp3) is 0.400. The van der Waals surface area contributed by atoms with Gasteiger partial charge in [-0.2, -0.15) is 0 Å². The van der Waals surface area contributed by atoms with Crippen molar-refractivity contribution in [2.24, 2.45) is 0 Å². The highest BCUT2D eigenvalue weighted by atomic mass is 79.9. The quantitative estimate of drug-likeness (QED) is 0.678. The Balaban J connectivity index is 2.79. The molecule has 0 aliphatic heterocycles. The normalized spacial score (nSPS) is 12.5. The SMILES string of the molecule is C[C@@H](O)CCc1ccc([N+](=O)[O-])cc1Br. The van der Waals surface area contributed by atoms with Gasteiger partial charge >= 0.3 is 0 Å². The van der Waals surface area contributed by atoms with E-state index in [-0.39, 0.29) is 11.8 Å². The first-order chi connectivity index (χ1) is 7.00. The van der Waals surface area contributed by atoms with Crippen LogP contribution in [0.15, 0.2) is 22.7 Å². The average Bonchev–Trinajstić information content (AvgIpc) is 2.15. The molecule has 0 amide bonds. The van der Waals surface area contributed by atoms with Crippen LogP contribution in [0.4, 0.5) is 5.69 Å². The molecule has 1 rings (SSSR count). The molecule has 0 saturated carbocycles. The van der Waals surface area contributed by atoms with E-state index in [1.165, 1.54) is 12.1 Å². The van der Waals surface area contributed by atoms with E-state index in [1.54, 1.807) is 13.0 Å². The van der Waals surface area contributed by atoms with Crippen molar-refractivity contribution < 1.29 is 10.0 Å². The van der Waals surface area contributed by atoms with Crippen molar-refractivity contribution in [2.45, 2.75) is 25.9 Å². The monoisotopic (exact) mass is 273 g/mol. The van der Waals surface area contributed by atoms with Gasteiger partial charge in [-0.25, -0.2) is 0 Å². The summed E-state index contributed by atoms with van der Waals surface area (Å²) in [5.74, 6) is 0. The Kier molecular flexibility index (Phi) is 4.23. The van der Waals surface area contributed by atoms with Gasteiger partial charge < -0.3 is 5.11 Å². The van der Waals surface area contributed by atoms with E-state index in [4.69, 9.17) is 5.11 Å². The van der Waals surface area contributed by atoms with Crippen LogP contribution < -0.4 is 0 Å². The second-order valence-corrected chi connectivity index (χ2v) is 4.27. The van der Waals surface area contributed by atoms with E-state index in [0.29, 0.717) is 12.8 Å². The Hall–Kier alpha value is -0.940. The van der Waals surface area contributed by atoms with E-state index >= 15 is 0 Å². The molecule has 4 nitrogen and oxygen atoms in total. The molecule has 15 heavy (non-hydrogen) atoms. The molecule has 0 bridgehead atoms. The van der Waals surface area contributed by atoms with Crippen LogP contribution in [-0.2, 0) is 6.42 Å². The van der Waals surface area contributed by atoms with Crippen LogP contribution in [-0.4, -0.2) is 16.1 Å². The van der Waals surface area contributed by atoms with Crippen molar-refractivity contribution in [3.8, 4) is 0 Å². The number of nitro benzene ring substituents is 1. The minimum absolute atomic E-state index is 0.0719. The summed E-state index contributed by atoms with van der Waals surface area (Å²) in [4.78, 5) is 10.0. The van der Waals surface area contributed by atoms with Gasteiger partial charge in [-0.3, -0.25) is 10.1 Å². The number of hydrogen-bond acceptors (Lipinski definition) is 3. The molecule has 0 heterocycles. The number of aliphatic hydroxyl groups is 1. The van der Waals surface area contributed by atoms with Gasteiger partial charge in [0, 0.05) is 16.6 Å². The van der Waals surface area contributed by atoms with Gasteiger partial charge in [0.2, 0.25) is 0 Å². The van der Waals surface area contributed by atoms with Crippen molar-refractivity contribution in [1.82, 2.24) is 0 Å². The Labute approximate surface area is 96.2 Å². The van der Waals surface area contributed by atoms with E-state index < -0.39 is 4.92 Å². The van der Waals surface area contributed by atoms with Gasteiger partial charge in [-0.15, -0.1) is 0 Å². The Morgan fingerprint density at radius 1 is 1.60 bits per heavy atom. The molecule has 0 spiro atoms. The van der Waals surface area contributed by atoms with Crippen molar-refractivity contribution in [1.29, 1.82) is 0 Å². The van der Waals surface area contributed by atoms with Gasteiger partial charge in [-0.05, 0) is 25.3 Å². The predicted octanol–water partition coefficient (Wildman–Crippen LogP) is 2.67. The maximum Gasteiger partial charge on any atom is 0.270 e. The summed E-state index contributed by atoms with van der Waals surface area (Å²) in [6.45, 7) is 1.72. The minimum Gasteiger partial charge on any atom is -0.393 e. The van der Waals surface area contributed by atoms with Crippen LogP contribution in [0.1, 0.15) is 18.9 Å². The fourth-order valence-corrected chi connectivity index (χ4v) is 1.78. The maximum absolute atomic E-state index is 10.5. The maximum atomic E-state index is 10.5. The molecule has 0 fully saturated rings. The molecule has 0 aliphatic carbocycles. The molecule has 5 heteroatoms. The molecular formula is C10H12BrNO3. The Morgan fingerprint density at radius 3 is 2.73 bits per heavy atom. The molecule has 0 unspecified atom stereocenters. The molecule has 82 valence electrons.